The van der Waals surface area contributed by atoms with Gasteiger partial charge < -0.3 is 0 Å². The summed E-state index contributed by atoms with van der Waals surface area (Å²) in [5.41, 5.74) is 0. The van der Waals surface area contributed by atoms with Crippen LogP contribution >= 0.6 is 0 Å². The van der Waals surface area contributed by atoms with Crippen molar-refractivity contribution in [2.75, 3.05) is 6.61 Å². The van der Waals surface area contributed by atoms with Crippen LogP contribution < -0.4 is 0 Å². The molecule has 0 N–H and O–H groups in total. The predicted octanol–water partition coefficient (Wildman–Crippen LogP) is 3.79. The van der Waals surface area contributed by atoms with E-state index in [9.17, 15) is 4.79 Å². The molecule has 0 bridgehead atoms. The van der Waals surface area contributed by atoms with Crippen LogP contribution in [0.4, 0.5) is 0 Å². The Morgan fingerprint density at radius 2 is 1.62 bits per heavy atom. The van der Waals surface area contributed by atoms with E-state index in [4.69, 9.17) is 4.89 Å². The standard InChI is InChI=1S/C13H24O3/c1-3-5-6-7-8-9-10-11-12-15-16-13(14)4-2/h4H,2-3,5-12H2,1H3. The first-order valence-corrected chi connectivity index (χ1v) is 6.27. The van der Waals surface area contributed by atoms with E-state index in [0.29, 0.717) is 6.61 Å². The van der Waals surface area contributed by atoms with Crippen LogP contribution in [0, 0.1) is 0 Å². The predicted molar refractivity (Wildman–Crippen MR) is 64.9 cm³/mol. The molecule has 0 aromatic rings. The molecule has 94 valence electrons. The smallest absolute Gasteiger partial charge is 0.294 e. The molecular formula is C13H24O3. The van der Waals surface area contributed by atoms with Crippen LogP contribution in [0.25, 0.3) is 0 Å². The third kappa shape index (κ3) is 11.2. The van der Waals surface area contributed by atoms with Crippen LogP contribution in [0.5, 0.6) is 0 Å². The Balaban J connectivity index is 2.98. The van der Waals surface area contributed by atoms with Gasteiger partial charge in [0.15, 0.2) is 0 Å². The molecule has 0 radical (unpaired) electrons. The van der Waals surface area contributed by atoms with E-state index in [2.05, 4.69) is 18.4 Å². The molecule has 0 aromatic heterocycles. The molecule has 16 heavy (non-hydrogen) atoms. The minimum absolute atomic E-state index is 0.481. The molecule has 0 saturated carbocycles. The van der Waals surface area contributed by atoms with Crippen molar-refractivity contribution in [3.63, 3.8) is 0 Å². The molecule has 3 heteroatoms. The highest BCUT2D eigenvalue weighted by Crippen LogP contribution is 2.08. The van der Waals surface area contributed by atoms with Crippen molar-refractivity contribution in [1.29, 1.82) is 0 Å². The Morgan fingerprint density at radius 1 is 1.06 bits per heavy atom. The lowest BCUT2D eigenvalue weighted by Gasteiger charge is -2.02. The van der Waals surface area contributed by atoms with Crippen molar-refractivity contribution >= 4 is 5.97 Å². The summed E-state index contributed by atoms with van der Waals surface area (Å²) in [6.07, 6.45) is 11.0. The zero-order valence-corrected chi connectivity index (χ0v) is 10.4. The summed E-state index contributed by atoms with van der Waals surface area (Å²) in [4.78, 5) is 19.7. The molecule has 0 unspecified atom stereocenters. The van der Waals surface area contributed by atoms with Crippen LogP contribution in [0.1, 0.15) is 58.3 Å². The van der Waals surface area contributed by atoms with E-state index in [1.807, 2.05) is 0 Å². The van der Waals surface area contributed by atoms with Gasteiger partial charge in [-0.15, -0.1) is 0 Å². The summed E-state index contributed by atoms with van der Waals surface area (Å²) in [5.74, 6) is -0.528. The van der Waals surface area contributed by atoms with Gasteiger partial charge in [0.05, 0.1) is 6.61 Å². The molecule has 0 aliphatic heterocycles. The summed E-state index contributed by atoms with van der Waals surface area (Å²) >= 11 is 0. The van der Waals surface area contributed by atoms with Crippen LogP contribution in [-0.2, 0) is 14.6 Å². The van der Waals surface area contributed by atoms with Gasteiger partial charge in [0, 0.05) is 6.08 Å². The Labute approximate surface area is 98.7 Å². The van der Waals surface area contributed by atoms with Crippen molar-refractivity contribution in [3.05, 3.63) is 12.7 Å². The highest BCUT2D eigenvalue weighted by Gasteiger charge is 1.96. The summed E-state index contributed by atoms with van der Waals surface area (Å²) in [7, 11) is 0. The maximum Gasteiger partial charge on any atom is 0.365 e. The highest BCUT2D eigenvalue weighted by atomic mass is 17.2. The first-order chi connectivity index (χ1) is 7.81. The molecule has 0 saturated heterocycles. The Kier molecular flexibility index (Phi) is 11.6. The van der Waals surface area contributed by atoms with Crippen LogP contribution in [0.15, 0.2) is 12.7 Å². The second-order valence-corrected chi connectivity index (χ2v) is 3.90. The topological polar surface area (TPSA) is 35.5 Å². The SMILES string of the molecule is C=CC(=O)OOCCCCCCCCCC. The van der Waals surface area contributed by atoms with E-state index in [0.717, 1.165) is 18.9 Å². The number of hydrogen-bond donors (Lipinski definition) is 0. The van der Waals surface area contributed by atoms with Gasteiger partial charge in [-0.25, -0.2) is 4.79 Å². The van der Waals surface area contributed by atoms with Crippen molar-refractivity contribution in [2.24, 2.45) is 0 Å². The average molecular weight is 228 g/mol. The Bertz CT molecular complexity index is 178. The maximum atomic E-state index is 10.6. The van der Waals surface area contributed by atoms with Crippen LogP contribution in [0.2, 0.25) is 0 Å². The monoisotopic (exact) mass is 228 g/mol. The molecule has 0 aliphatic carbocycles. The Hall–Kier alpha value is -0.830. The van der Waals surface area contributed by atoms with E-state index in [1.165, 1.54) is 38.5 Å². The second-order valence-electron chi connectivity index (χ2n) is 3.90. The molecule has 0 aromatic carbocycles. The van der Waals surface area contributed by atoms with Gasteiger partial charge in [0.25, 0.3) is 0 Å². The Morgan fingerprint density at radius 3 is 2.19 bits per heavy atom. The normalized spacial score (nSPS) is 10.1. The highest BCUT2D eigenvalue weighted by molar-refractivity contribution is 5.80. The molecule has 0 fully saturated rings. The van der Waals surface area contributed by atoms with Gasteiger partial charge in [-0.1, -0.05) is 58.4 Å². The van der Waals surface area contributed by atoms with E-state index < -0.39 is 5.97 Å². The third-order valence-electron chi connectivity index (χ3n) is 2.39. The summed E-state index contributed by atoms with van der Waals surface area (Å²) in [5, 5.41) is 0. The lowest BCUT2D eigenvalue weighted by Crippen LogP contribution is -2.02. The first-order valence-electron chi connectivity index (χ1n) is 6.27. The fourth-order valence-corrected chi connectivity index (χ4v) is 1.43. The number of hydrogen-bond acceptors (Lipinski definition) is 3. The van der Waals surface area contributed by atoms with Crippen molar-refractivity contribution in [1.82, 2.24) is 0 Å². The molecule has 3 nitrogen and oxygen atoms in total. The number of unbranched alkanes of at least 4 members (excludes halogenated alkanes) is 7. The molecule has 0 atom stereocenters. The van der Waals surface area contributed by atoms with Crippen molar-refractivity contribution < 1.29 is 14.6 Å². The van der Waals surface area contributed by atoms with Gasteiger partial charge in [-0.3, -0.25) is 4.89 Å². The molecule has 0 rings (SSSR count). The molecule has 0 aliphatic rings. The first kappa shape index (κ1) is 15.2. The zero-order valence-electron chi connectivity index (χ0n) is 10.4. The quantitative estimate of drug-likeness (QED) is 0.233. The molecule has 0 spiro atoms. The van der Waals surface area contributed by atoms with Crippen LogP contribution in [0.3, 0.4) is 0 Å². The van der Waals surface area contributed by atoms with E-state index >= 15 is 0 Å². The minimum atomic E-state index is -0.528. The number of rotatable bonds is 11. The maximum absolute atomic E-state index is 10.6. The van der Waals surface area contributed by atoms with Crippen molar-refractivity contribution in [2.45, 2.75) is 58.3 Å². The van der Waals surface area contributed by atoms with Gasteiger partial charge >= 0.3 is 5.97 Å². The third-order valence-corrected chi connectivity index (χ3v) is 2.39. The fraction of sp³-hybridized carbons (Fsp3) is 0.769. The van der Waals surface area contributed by atoms with Gasteiger partial charge in [0.1, 0.15) is 0 Å². The van der Waals surface area contributed by atoms with Gasteiger partial charge in [-0.05, 0) is 6.42 Å². The summed E-state index contributed by atoms with van der Waals surface area (Å²) in [6, 6.07) is 0. The van der Waals surface area contributed by atoms with Crippen molar-refractivity contribution in [3.8, 4) is 0 Å². The number of carbonyl (C=O) groups excluding carboxylic acids is 1. The summed E-state index contributed by atoms with van der Waals surface area (Å²) < 4.78 is 0. The lowest BCUT2D eigenvalue weighted by atomic mass is 10.1. The number of carbonyl (C=O) groups is 1. The van der Waals surface area contributed by atoms with E-state index in [-0.39, 0.29) is 0 Å². The second kappa shape index (κ2) is 12.2. The van der Waals surface area contributed by atoms with Gasteiger partial charge in [-0.2, -0.15) is 4.89 Å². The minimum Gasteiger partial charge on any atom is -0.294 e. The largest absolute Gasteiger partial charge is 0.365 e. The average Bonchev–Trinajstić information content (AvgIpc) is 2.31. The zero-order chi connectivity index (χ0) is 12.1. The van der Waals surface area contributed by atoms with E-state index in [1.54, 1.807) is 0 Å². The lowest BCUT2D eigenvalue weighted by molar-refractivity contribution is -0.267. The molecular weight excluding hydrogens is 204 g/mol. The summed E-state index contributed by atoms with van der Waals surface area (Å²) in [6.45, 7) is 5.97. The van der Waals surface area contributed by atoms with Gasteiger partial charge in [0.2, 0.25) is 0 Å². The molecule has 0 heterocycles. The van der Waals surface area contributed by atoms with Crippen LogP contribution in [-0.4, -0.2) is 12.6 Å². The fourth-order valence-electron chi connectivity index (χ4n) is 1.43. The molecule has 0 amide bonds.